The number of amides is 1. The Labute approximate surface area is 98.1 Å². The van der Waals surface area contributed by atoms with Crippen molar-refractivity contribution in [1.29, 1.82) is 0 Å². The van der Waals surface area contributed by atoms with E-state index < -0.39 is 0 Å². The monoisotopic (exact) mass is 217 g/mol. The van der Waals surface area contributed by atoms with Gasteiger partial charge in [0, 0.05) is 18.2 Å². The Hall–Kier alpha value is -1.75. The van der Waals surface area contributed by atoms with Crippen LogP contribution in [0.15, 0.2) is 36.5 Å². The highest BCUT2D eigenvalue weighted by molar-refractivity contribution is 5.87. The summed E-state index contributed by atoms with van der Waals surface area (Å²) >= 11 is 0. The normalized spacial score (nSPS) is 13.2. The molecule has 0 aliphatic heterocycles. The van der Waals surface area contributed by atoms with Crippen LogP contribution in [0, 0.1) is 18.3 Å². The molecule has 0 aliphatic rings. The minimum atomic E-state index is -0.100. The molecule has 0 fully saturated rings. The summed E-state index contributed by atoms with van der Waals surface area (Å²) in [4.78, 5) is 11.3. The second-order valence-electron chi connectivity index (χ2n) is 3.59. The number of carbonyl (C=O) groups is 1. The van der Waals surface area contributed by atoms with Gasteiger partial charge < -0.3 is 5.32 Å². The first-order valence-electron chi connectivity index (χ1n) is 5.39. The van der Waals surface area contributed by atoms with Crippen molar-refractivity contribution in [2.75, 3.05) is 6.54 Å². The Kier molecular flexibility index (Phi) is 7.61. The lowest BCUT2D eigenvalue weighted by molar-refractivity contribution is -0.116. The van der Waals surface area contributed by atoms with Crippen LogP contribution in [0.25, 0.3) is 0 Å². The molecule has 0 saturated carbocycles. The second-order valence-corrected chi connectivity index (χ2v) is 3.59. The van der Waals surface area contributed by atoms with Crippen LogP contribution in [0.1, 0.15) is 20.3 Å². The van der Waals surface area contributed by atoms with Gasteiger partial charge in [-0.15, -0.1) is 6.42 Å². The lowest BCUT2D eigenvalue weighted by Crippen LogP contribution is -2.26. The van der Waals surface area contributed by atoms with Gasteiger partial charge in [-0.2, -0.15) is 0 Å². The number of rotatable bonds is 6. The number of carbonyl (C=O) groups excluding carboxylic acids is 1. The lowest BCUT2D eigenvalue weighted by Gasteiger charge is -2.07. The van der Waals surface area contributed by atoms with Gasteiger partial charge in [0.25, 0.3) is 0 Å². The van der Waals surface area contributed by atoms with Crippen molar-refractivity contribution in [2.45, 2.75) is 20.3 Å². The van der Waals surface area contributed by atoms with Gasteiger partial charge in [-0.3, -0.25) is 4.79 Å². The van der Waals surface area contributed by atoms with Gasteiger partial charge in [-0.05, 0) is 12.0 Å². The zero-order chi connectivity index (χ0) is 12.4. The van der Waals surface area contributed by atoms with Gasteiger partial charge >= 0.3 is 0 Å². The van der Waals surface area contributed by atoms with Gasteiger partial charge in [0.15, 0.2) is 0 Å². The summed E-state index contributed by atoms with van der Waals surface area (Å²) in [6.07, 6.45) is 12.6. The molecule has 0 heterocycles. The molecule has 0 spiro atoms. The maximum Gasteiger partial charge on any atom is 0.243 e. The zero-order valence-electron chi connectivity index (χ0n) is 9.99. The summed E-state index contributed by atoms with van der Waals surface area (Å²) in [5, 5.41) is 2.81. The molecule has 1 atom stereocenters. The standard InChI is InChI=1S/C14H19NO/c1-5-12(4)11-15-14(16)10-8-9-13(6-2)7-3/h2,7-10,12H,3,5,11H2,1,4H3,(H,15,16)/b10-8+,13-9-. The molecular formula is C14H19NO. The summed E-state index contributed by atoms with van der Waals surface area (Å²) in [6, 6.07) is 0. The van der Waals surface area contributed by atoms with Crippen LogP contribution in [0.3, 0.4) is 0 Å². The van der Waals surface area contributed by atoms with Gasteiger partial charge in [0.1, 0.15) is 0 Å². The zero-order valence-corrected chi connectivity index (χ0v) is 9.99. The van der Waals surface area contributed by atoms with E-state index in [2.05, 4.69) is 31.7 Å². The average molecular weight is 217 g/mol. The second kappa shape index (κ2) is 8.55. The smallest absolute Gasteiger partial charge is 0.243 e. The van der Waals surface area contributed by atoms with Crippen molar-refractivity contribution in [3.05, 3.63) is 36.5 Å². The molecule has 16 heavy (non-hydrogen) atoms. The molecule has 1 N–H and O–H groups in total. The molecule has 0 bridgehead atoms. The van der Waals surface area contributed by atoms with Crippen molar-refractivity contribution in [1.82, 2.24) is 5.32 Å². The minimum Gasteiger partial charge on any atom is -0.352 e. The van der Waals surface area contributed by atoms with Crippen LogP contribution in [0.4, 0.5) is 0 Å². The summed E-state index contributed by atoms with van der Waals surface area (Å²) < 4.78 is 0. The summed E-state index contributed by atoms with van der Waals surface area (Å²) in [6.45, 7) is 8.45. The van der Waals surface area contributed by atoms with Gasteiger partial charge in [-0.1, -0.05) is 44.9 Å². The van der Waals surface area contributed by atoms with E-state index in [0.717, 1.165) is 6.42 Å². The largest absolute Gasteiger partial charge is 0.352 e. The van der Waals surface area contributed by atoms with Crippen molar-refractivity contribution in [3.63, 3.8) is 0 Å². The van der Waals surface area contributed by atoms with Crippen molar-refractivity contribution < 1.29 is 4.79 Å². The van der Waals surface area contributed by atoms with Crippen LogP contribution >= 0.6 is 0 Å². The molecular weight excluding hydrogens is 198 g/mol. The van der Waals surface area contributed by atoms with Crippen molar-refractivity contribution >= 4 is 5.91 Å². The van der Waals surface area contributed by atoms with Crippen LogP contribution in [0.5, 0.6) is 0 Å². The van der Waals surface area contributed by atoms with E-state index in [-0.39, 0.29) is 5.91 Å². The first kappa shape index (κ1) is 14.2. The third kappa shape index (κ3) is 6.67. The average Bonchev–Trinajstić information content (AvgIpc) is 2.31. The molecule has 0 aromatic heterocycles. The predicted molar refractivity (Wildman–Crippen MR) is 68.7 cm³/mol. The molecule has 1 unspecified atom stereocenters. The molecule has 86 valence electrons. The quantitative estimate of drug-likeness (QED) is 0.413. The topological polar surface area (TPSA) is 29.1 Å². The van der Waals surface area contributed by atoms with Crippen LogP contribution in [0.2, 0.25) is 0 Å². The van der Waals surface area contributed by atoms with Gasteiger partial charge in [0.2, 0.25) is 5.91 Å². The number of nitrogens with one attached hydrogen (secondary N) is 1. The molecule has 0 aromatic rings. The first-order chi connectivity index (χ1) is 7.63. The fourth-order valence-electron chi connectivity index (χ4n) is 0.892. The van der Waals surface area contributed by atoms with Crippen molar-refractivity contribution in [3.8, 4) is 12.3 Å². The van der Waals surface area contributed by atoms with E-state index in [0.29, 0.717) is 18.0 Å². The van der Waals surface area contributed by atoms with Crippen LogP contribution in [-0.2, 0) is 4.79 Å². The Balaban J connectivity index is 4.06. The molecule has 0 saturated heterocycles. The van der Waals surface area contributed by atoms with Gasteiger partial charge in [0.05, 0.1) is 0 Å². The third-order valence-electron chi connectivity index (χ3n) is 2.23. The first-order valence-corrected chi connectivity index (χ1v) is 5.39. The molecule has 0 radical (unpaired) electrons. The van der Waals surface area contributed by atoms with Gasteiger partial charge in [-0.25, -0.2) is 0 Å². The molecule has 0 rings (SSSR count). The maximum absolute atomic E-state index is 11.3. The van der Waals surface area contributed by atoms with Crippen LogP contribution < -0.4 is 5.32 Å². The summed E-state index contributed by atoms with van der Waals surface area (Å²) in [5.41, 5.74) is 0.658. The Morgan fingerprint density at radius 2 is 2.31 bits per heavy atom. The molecule has 1 amide bonds. The van der Waals surface area contributed by atoms with E-state index >= 15 is 0 Å². The third-order valence-corrected chi connectivity index (χ3v) is 2.23. The van der Waals surface area contributed by atoms with Crippen LogP contribution in [-0.4, -0.2) is 12.5 Å². The number of terminal acetylenes is 1. The van der Waals surface area contributed by atoms with E-state index in [1.54, 1.807) is 18.2 Å². The molecule has 2 heteroatoms. The predicted octanol–water partition coefficient (Wildman–Crippen LogP) is 2.45. The fourth-order valence-corrected chi connectivity index (χ4v) is 0.892. The minimum absolute atomic E-state index is 0.100. The highest BCUT2D eigenvalue weighted by atomic mass is 16.1. The van der Waals surface area contributed by atoms with E-state index in [9.17, 15) is 4.79 Å². The number of allylic oxidation sites excluding steroid dienone is 4. The highest BCUT2D eigenvalue weighted by Crippen LogP contribution is 1.97. The SMILES string of the molecule is C#C/C(C=C)=C/C=C/C(=O)NCC(C)CC. The van der Waals surface area contributed by atoms with Crippen molar-refractivity contribution in [2.24, 2.45) is 5.92 Å². The maximum atomic E-state index is 11.3. The van der Waals surface area contributed by atoms with E-state index in [4.69, 9.17) is 6.42 Å². The van der Waals surface area contributed by atoms with E-state index in [1.165, 1.54) is 6.08 Å². The Morgan fingerprint density at radius 3 is 2.81 bits per heavy atom. The summed E-state index contributed by atoms with van der Waals surface area (Å²) in [5.74, 6) is 2.85. The Morgan fingerprint density at radius 1 is 1.62 bits per heavy atom. The lowest BCUT2D eigenvalue weighted by atomic mass is 10.1. The molecule has 0 aromatic carbocycles. The van der Waals surface area contributed by atoms with E-state index in [1.807, 2.05) is 0 Å². The molecule has 0 aliphatic carbocycles. The number of hydrogen-bond acceptors (Lipinski definition) is 1. The molecule has 2 nitrogen and oxygen atoms in total. The fraction of sp³-hybridized carbons (Fsp3) is 0.357. The Bertz CT molecular complexity index is 331. The highest BCUT2D eigenvalue weighted by Gasteiger charge is 1.99. The number of hydrogen-bond donors (Lipinski definition) is 1. The summed E-state index contributed by atoms with van der Waals surface area (Å²) in [7, 11) is 0.